The highest BCUT2D eigenvalue weighted by Crippen LogP contribution is 2.26. The Kier molecular flexibility index (Phi) is 3.98. The summed E-state index contributed by atoms with van der Waals surface area (Å²) < 4.78 is 0. The highest BCUT2D eigenvalue weighted by atomic mass is 35.5. The van der Waals surface area contributed by atoms with Crippen LogP contribution in [-0.2, 0) is 0 Å². The number of nitrogens with zero attached hydrogens (tertiary/aromatic N) is 1. The maximum absolute atomic E-state index is 10.7. The van der Waals surface area contributed by atoms with E-state index >= 15 is 0 Å². The van der Waals surface area contributed by atoms with Gasteiger partial charge in [0.2, 0.25) is 0 Å². The normalized spacial score (nSPS) is 13.2. The topological polar surface area (TPSA) is 62.2 Å². The highest BCUT2D eigenvalue weighted by molar-refractivity contribution is 6.33. The van der Waals surface area contributed by atoms with Crippen LogP contribution >= 0.6 is 11.6 Å². The minimum Gasteiger partial charge on any atom is -0.478 e. The van der Waals surface area contributed by atoms with Crippen molar-refractivity contribution in [1.29, 1.82) is 0 Å². The van der Waals surface area contributed by atoms with Crippen molar-refractivity contribution in [3.8, 4) is 0 Å². The average molecular weight is 257 g/mol. The molecule has 94 valence electrons. The Morgan fingerprint density at radius 3 is 2.53 bits per heavy atom. The molecule has 1 aromatic rings. The van der Waals surface area contributed by atoms with Crippen LogP contribution in [-0.4, -0.2) is 22.1 Å². The van der Waals surface area contributed by atoms with E-state index in [-0.39, 0.29) is 17.0 Å². The van der Waals surface area contributed by atoms with E-state index in [4.69, 9.17) is 16.7 Å². The van der Waals surface area contributed by atoms with Gasteiger partial charge in [-0.05, 0) is 18.4 Å². The number of rotatable bonds is 3. The Hall–Kier alpha value is -1.29. The minimum atomic E-state index is -1.03. The zero-order valence-electron chi connectivity index (χ0n) is 10.4. The van der Waals surface area contributed by atoms with Gasteiger partial charge in [0, 0.05) is 12.2 Å². The van der Waals surface area contributed by atoms with Crippen LogP contribution in [0.1, 0.15) is 38.1 Å². The lowest BCUT2D eigenvalue weighted by molar-refractivity contribution is 0.0696. The fourth-order valence-corrected chi connectivity index (χ4v) is 1.30. The van der Waals surface area contributed by atoms with Crippen LogP contribution in [0.2, 0.25) is 5.02 Å². The van der Waals surface area contributed by atoms with E-state index in [9.17, 15) is 4.79 Å². The summed E-state index contributed by atoms with van der Waals surface area (Å²) in [5.74, 6) is -0.520. The quantitative estimate of drug-likeness (QED) is 0.871. The Balaban J connectivity index is 2.90. The number of hydrogen-bond acceptors (Lipinski definition) is 3. The van der Waals surface area contributed by atoms with Gasteiger partial charge in [0.25, 0.3) is 0 Å². The third-order valence-corrected chi connectivity index (χ3v) is 3.03. The van der Waals surface area contributed by atoms with Crippen LogP contribution in [0, 0.1) is 5.41 Å². The number of carbonyl (C=O) groups is 1. The number of halogens is 1. The Morgan fingerprint density at radius 2 is 2.12 bits per heavy atom. The first kappa shape index (κ1) is 13.8. The molecule has 17 heavy (non-hydrogen) atoms. The molecule has 2 N–H and O–H groups in total. The van der Waals surface area contributed by atoms with Crippen LogP contribution < -0.4 is 5.32 Å². The van der Waals surface area contributed by atoms with Crippen LogP contribution in [0.25, 0.3) is 0 Å². The number of carboxylic acid groups (broad SMARTS) is 1. The number of nitrogens with one attached hydrogen (secondary N) is 1. The van der Waals surface area contributed by atoms with Crippen molar-refractivity contribution in [2.24, 2.45) is 5.41 Å². The maximum Gasteiger partial charge on any atom is 0.337 e. The highest BCUT2D eigenvalue weighted by Gasteiger charge is 2.21. The molecule has 0 aromatic carbocycles. The molecule has 0 amide bonds. The first-order valence-corrected chi connectivity index (χ1v) is 5.75. The second-order valence-electron chi connectivity index (χ2n) is 5.09. The first-order valence-electron chi connectivity index (χ1n) is 5.37. The zero-order chi connectivity index (χ0) is 13.2. The predicted octanol–water partition coefficient (Wildman–Crippen LogP) is 3.28. The molecule has 0 saturated heterocycles. The summed E-state index contributed by atoms with van der Waals surface area (Å²) in [5.41, 5.74) is 0.153. The van der Waals surface area contributed by atoms with Gasteiger partial charge in [-0.25, -0.2) is 9.78 Å². The molecule has 0 radical (unpaired) electrons. The van der Waals surface area contributed by atoms with Crippen molar-refractivity contribution in [2.75, 3.05) is 5.32 Å². The summed E-state index contributed by atoms with van der Waals surface area (Å²) in [6.07, 6.45) is 1.30. The molecule has 0 aliphatic rings. The minimum absolute atomic E-state index is 0.0660. The van der Waals surface area contributed by atoms with Crippen molar-refractivity contribution in [2.45, 2.75) is 33.7 Å². The third kappa shape index (κ3) is 3.60. The van der Waals surface area contributed by atoms with E-state index < -0.39 is 5.97 Å². The molecule has 0 spiro atoms. The van der Waals surface area contributed by atoms with E-state index in [1.807, 2.05) is 6.92 Å². The van der Waals surface area contributed by atoms with Crippen molar-refractivity contribution in [3.05, 3.63) is 22.8 Å². The van der Waals surface area contributed by atoms with Crippen molar-refractivity contribution < 1.29 is 9.90 Å². The first-order chi connectivity index (χ1) is 7.71. The van der Waals surface area contributed by atoms with Crippen LogP contribution in [0.5, 0.6) is 0 Å². The van der Waals surface area contributed by atoms with Gasteiger partial charge in [0.15, 0.2) is 0 Å². The molecular formula is C12H17ClN2O2. The fraction of sp³-hybridized carbons (Fsp3) is 0.500. The van der Waals surface area contributed by atoms with Gasteiger partial charge in [0.1, 0.15) is 5.82 Å². The van der Waals surface area contributed by atoms with E-state index in [1.165, 1.54) is 12.3 Å². The molecule has 1 unspecified atom stereocenters. The Labute approximate surface area is 106 Å². The number of pyridine rings is 1. The molecule has 1 aromatic heterocycles. The monoisotopic (exact) mass is 256 g/mol. The number of aromatic carboxylic acids is 1. The summed E-state index contributed by atoms with van der Waals surface area (Å²) in [4.78, 5) is 14.8. The van der Waals surface area contributed by atoms with Crippen LogP contribution in [0.15, 0.2) is 12.3 Å². The van der Waals surface area contributed by atoms with E-state index in [0.717, 1.165) is 0 Å². The summed E-state index contributed by atoms with van der Waals surface area (Å²) in [7, 11) is 0. The second-order valence-corrected chi connectivity index (χ2v) is 5.50. The SMILES string of the molecule is CC(Nc1ncc(C(=O)O)cc1Cl)C(C)(C)C. The lowest BCUT2D eigenvalue weighted by Gasteiger charge is -2.28. The fourth-order valence-electron chi connectivity index (χ4n) is 1.08. The average Bonchev–Trinajstić information content (AvgIpc) is 2.19. The molecule has 1 atom stereocenters. The zero-order valence-corrected chi connectivity index (χ0v) is 11.2. The van der Waals surface area contributed by atoms with Gasteiger partial charge in [-0.3, -0.25) is 0 Å². The van der Waals surface area contributed by atoms with Crippen LogP contribution in [0.4, 0.5) is 5.82 Å². The molecular weight excluding hydrogens is 240 g/mol. The maximum atomic E-state index is 10.7. The summed E-state index contributed by atoms with van der Waals surface area (Å²) in [6, 6.07) is 1.57. The molecule has 5 heteroatoms. The van der Waals surface area contributed by atoms with Crippen LogP contribution in [0.3, 0.4) is 0 Å². The Bertz CT molecular complexity index is 427. The Morgan fingerprint density at radius 1 is 1.53 bits per heavy atom. The standard InChI is InChI=1S/C12H17ClN2O2/c1-7(12(2,3)4)15-10-9(13)5-8(6-14-10)11(16)17/h5-7H,1-4H3,(H,14,15)(H,16,17). The summed E-state index contributed by atoms with van der Waals surface area (Å²) in [6.45, 7) is 8.34. The number of hydrogen-bond donors (Lipinski definition) is 2. The van der Waals surface area contributed by atoms with Crippen molar-refractivity contribution >= 4 is 23.4 Å². The molecule has 1 rings (SSSR count). The van der Waals surface area contributed by atoms with Gasteiger partial charge >= 0.3 is 5.97 Å². The number of anilines is 1. The number of carboxylic acids is 1. The summed E-state index contributed by atoms with van der Waals surface area (Å²) >= 11 is 5.98. The van der Waals surface area contributed by atoms with Crippen molar-refractivity contribution in [3.63, 3.8) is 0 Å². The predicted molar refractivity (Wildman–Crippen MR) is 68.7 cm³/mol. The van der Waals surface area contributed by atoms with E-state index in [0.29, 0.717) is 10.8 Å². The van der Waals surface area contributed by atoms with Crippen molar-refractivity contribution in [1.82, 2.24) is 4.98 Å². The summed E-state index contributed by atoms with van der Waals surface area (Å²) in [5, 5.41) is 12.3. The third-order valence-electron chi connectivity index (χ3n) is 2.74. The molecule has 0 bridgehead atoms. The number of aromatic nitrogens is 1. The molecule has 4 nitrogen and oxygen atoms in total. The smallest absolute Gasteiger partial charge is 0.337 e. The van der Waals surface area contributed by atoms with Gasteiger partial charge < -0.3 is 10.4 Å². The molecule has 1 heterocycles. The van der Waals surface area contributed by atoms with Gasteiger partial charge in [-0.15, -0.1) is 0 Å². The lowest BCUT2D eigenvalue weighted by Crippen LogP contribution is -2.31. The molecule has 0 aliphatic carbocycles. The molecule has 0 fully saturated rings. The van der Waals surface area contributed by atoms with Gasteiger partial charge in [-0.2, -0.15) is 0 Å². The van der Waals surface area contributed by atoms with E-state index in [1.54, 1.807) is 0 Å². The van der Waals surface area contributed by atoms with Gasteiger partial charge in [-0.1, -0.05) is 32.4 Å². The largest absolute Gasteiger partial charge is 0.478 e. The van der Waals surface area contributed by atoms with Gasteiger partial charge in [0.05, 0.1) is 10.6 Å². The molecule has 0 saturated carbocycles. The second kappa shape index (κ2) is 4.92. The lowest BCUT2D eigenvalue weighted by atomic mass is 9.88. The molecule has 0 aliphatic heterocycles. The van der Waals surface area contributed by atoms with E-state index in [2.05, 4.69) is 31.1 Å².